The summed E-state index contributed by atoms with van der Waals surface area (Å²) in [5, 5.41) is 0. The Kier molecular flexibility index (Phi) is 3.67. The van der Waals surface area contributed by atoms with Crippen molar-refractivity contribution in [1.29, 1.82) is 0 Å². The average Bonchev–Trinajstić information content (AvgIpc) is 2.50. The number of nitrogens with zero attached hydrogens (tertiary/aromatic N) is 2. The molecule has 2 nitrogen and oxygen atoms in total. The zero-order valence-corrected chi connectivity index (χ0v) is 8.95. The lowest BCUT2D eigenvalue weighted by atomic mass is 10.2. The Morgan fingerprint density at radius 3 is 2.60 bits per heavy atom. The summed E-state index contributed by atoms with van der Waals surface area (Å²) in [5.74, 6) is -0.318. The summed E-state index contributed by atoms with van der Waals surface area (Å²) in [6, 6.07) is 3.63. The maximum absolute atomic E-state index is 13.3. The third kappa shape index (κ3) is 2.99. The number of aromatic nitrogens is 1. The molecule has 1 aromatic heterocycles. The minimum absolute atomic E-state index is 0.318. The van der Waals surface area contributed by atoms with E-state index in [0.717, 1.165) is 18.7 Å². The lowest BCUT2D eigenvalue weighted by Gasteiger charge is -2.19. The van der Waals surface area contributed by atoms with Crippen LogP contribution in [0.25, 0.3) is 0 Å². The van der Waals surface area contributed by atoms with Gasteiger partial charge in [-0.1, -0.05) is 18.9 Å². The van der Waals surface area contributed by atoms with Gasteiger partial charge in [-0.25, -0.2) is 4.98 Å². The molecule has 0 N–H and O–H groups in total. The van der Waals surface area contributed by atoms with Crippen molar-refractivity contribution >= 4 is 0 Å². The SMILES string of the molecule is Fc1ncccc1CN1CCCCCC1. The van der Waals surface area contributed by atoms with Crippen molar-refractivity contribution in [2.24, 2.45) is 0 Å². The second-order valence-corrected chi connectivity index (χ2v) is 4.14. The van der Waals surface area contributed by atoms with E-state index >= 15 is 0 Å². The minimum atomic E-state index is -0.318. The van der Waals surface area contributed by atoms with Gasteiger partial charge in [-0.2, -0.15) is 4.39 Å². The zero-order chi connectivity index (χ0) is 10.5. The van der Waals surface area contributed by atoms with Crippen LogP contribution in [0.1, 0.15) is 31.2 Å². The molecule has 1 aliphatic heterocycles. The molecular formula is C12H17FN2. The number of likely N-dealkylation sites (tertiary alicyclic amines) is 1. The molecule has 0 bridgehead atoms. The lowest BCUT2D eigenvalue weighted by Crippen LogP contribution is -2.24. The molecule has 0 radical (unpaired) electrons. The molecule has 0 unspecified atom stereocenters. The van der Waals surface area contributed by atoms with Crippen LogP contribution in [0, 0.1) is 5.95 Å². The Labute approximate surface area is 90.1 Å². The molecule has 1 fully saturated rings. The predicted octanol–water partition coefficient (Wildman–Crippen LogP) is 2.60. The second kappa shape index (κ2) is 5.21. The van der Waals surface area contributed by atoms with E-state index in [2.05, 4.69) is 9.88 Å². The summed E-state index contributed by atoms with van der Waals surface area (Å²) in [5.41, 5.74) is 0.722. The van der Waals surface area contributed by atoms with Crippen LogP contribution in [0.5, 0.6) is 0 Å². The molecule has 82 valence electrons. The third-order valence-corrected chi connectivity index (χ3v) is 2.93. The molecule has 1 aromatic rings. The Morgan fingerprint density at radius 1 is 1.20 bits per heavy atom. The van der Waals surface area contributed by atoms with Gasteiger partial charge in [0.25, 0.3) is 0 Å². The molecule has 0 aliphatic carbocycles. The van der Waals surface area contributed by atoms with Gasteiger partial charge in [0.2, 0.25) is 5.95 Å². The number of halogens is 1. The van der Waals surface area contributed by atoms with Gasteiger partial charge < -0.3 is 0 Å². The van der Waals surface area contributed by atoms with Crippen LogP contribution in [0.2, 0.25) is 0 Å². The van der Waals surface area contributed by atoms with Crippen molar-refractivity contribution in [3.05, 3.63) is 29.8 Å². The van der Waals surface area contributed by atoms with E-state index in [0.29, 0.717) is 6.54 Å². The summed E-state index contributed by atoms with van der Waals surface area (Å²) >= 11 is 0. The first-order chi connectivity index (χ1) is 7.36. The molecule has 0 saturated carbocycles. The maximum Gasteiger partial charge on any atom is 0.217 e. The minimum Gasteiger partial charge on any atom is -0.299 e. The molecule has 0 aromatic carbocycles. The van der Waals surface area contributed by atoms with E-state index in [1.807, 2.05) is 6.07 Å². The first kappa shape index (κ1) is 10.6. The van der Waals surface area contributed by atoms with Crippen LogP contribution < -0.4 is 0 Å². The summed E-state index contributed by atoms with van der Waals surface area (Å²) in [4.78, 5) is 6.00. The van der Waals surface area contributed by atoms with Crippen LogP contribution in [-0.2, 0) is 6.54 Å². The maximum atomic E-state index is 13.3. The standard InChI is InChI=1S/C12H17FN2/c13-12-11(6-5-7-14-12)10-15-8-3-1-2-4-9-15/h5-7H,1-4,8-10H2. The summed E-state index contributed by atoms with van der Waals surface area (Å²) in [7, 11) is 0. The molecule has 1 aliphatic rings. The van der Waals surface area contributed by atoms with Gasteiger partial charge >= 0.3 is 0 Å². The first-order valence-electron chi connectivity index (χ1n) is 5.68. The molecule has 3 heteroatoms. The number of rotatable bonds is 2. The van der Waals surface area contributed by atoms with Crippen LogP contribution in [0.15, 0.2) is 18.3 Å². The van der Waals surface area contributed by atoms with E-state index in [-0.39, 0.29) is 5.95 Å². The van der Waals surface area contributed by atoms with Crippen molar-refractivity contribution in [1.82, 2.24) is 9.88 Å². The van der Waals surface area contributed by atoms with Gasteiger partial charge in [-0.3, -0.25) is 4.90 Å². The smallest absolute Gasteiger partial charge is 0.217 e. The van der Waals surface area contributed by atoms with Crippen LogP contribution in [-0.4, -0.2) is 23.0 Å². The van der Waals surface area contributed by atoms with Gasteiger partial charge in [-0.05, 0) is 32.0 Å². The fourth-order valence-electron chi connectivity index (χ4n) is 2.07. The number of hydrogen-bond acceptors (Lipinski definition) is 2. The Morgan fingerprint density at radius 2 is 1.93 bits per heavy atom. The normalized spacial score (nSPS) is 18.7. The van der Waals surface area contributed by atoms with Gasteiger partial charge in [-0.15, -0.1) is 0 Å². The van der Waals surface area contributed by atoms with E-state index < -0.39 is 0 Å². The summed E-state index contributed by atoms with van der Waals surface area (Å²) in [6.07, 6.45) is 6.60. The largest absolute Gasteiger partial charge is 0.299 e. The lowest BCUT2D eigenvalue weighted by molar-refractivity contribution is 0.272. The Balaban J connectivity index is 1.98. The molecule has 0 atom stereocenters. The second-order valence-electron chi connectivity index (χ2n) is 4.14. The van der Waals surface area contributed by atoms with Crippen molar-refractivity contribution in [2.75, 3.05) is 13.1 Å². The summed E-state index contributed by atoms with van der Waals surface area (Å²) in [6.45, 7) is 2.89. The predicted molar refractivity (Wildman–Crippen MR) is 57.9 cm³/mol. The van der Waals surface area contributed by atoms with Crippen molar-refractivity contribution in [3.8, 4) is 0 Å². The van der Waals surface area contributed by atoms with Gasteiger partial charge in [0, 0.05) is 18.3 Å². The van der Waals surface area contributed by atoms with Crippen LogP contribution in [0.3, 0.4) is 0 Å². The van der Waals surface area contributed by atoms with Crippen LogP contribution in [0.4, 0.5) is 4.39 Å². The fourth-order valence-corrected chi connectivity index (χ4v) is 2.07. The Hall–Kier alpha value is -0.960. The highest BCUT2D eigenvalue weighted by Crippen LogP contribution is 2.13. The highest BCUT2D eigenvalue weighted by Gasteiger charge is 2.11. The number of pyridine rings is 1. The van der Waals surface area contributed by atoms with Gasteiger partial charge in [0.15, 0.2) is 0 Å². The quantitative estimate of drug-likeness (QED) is 0.694. The molecule has 0 amide bonds. The average molecular weight is 208 g/mol. The molecule has 1 saturated heterocycles. The monoisotopic (exact) mass is 208 g/mol. The first-order valence-corrected chi connectivity index (χ1v) is 5.68. The molecule has 15 heavy (non-hydrogen) atoms. The fraction of sp³-hybridized carbons (Fsp3) is 0.583. The van der Waals surface area contributed by atoms with Crippen LogP contribution >= 0.6 is 0 Å². The van der Waals surface area contributed by atoms with Crippen molar-refractivity contribution in [3.63, 3.8) is 0 Å². The topological polar surface area (TPSA) is 16.1 Å². The van der Waals surface area contributed by atoms with E-state index in [4.69, 9.17) is 0 Å². The molecule has 2 rings (SSSR count). The molecule has 2 heterocycles. The van der Waals surface area contributed by atoms with Gasteiger partial charge in [0.1, 0.15) is 0 Å². The van der Waals surface area contributed by atoms with E-state index in [9.17, 15) is 4.39 Å². The highest BCUT2D eigenvalue weighted by atomic mass is 19.1. The van der Waals surface area contributed by atoms with Crippen molar-refractivity contribution in [2.45, 2.75) is 32.2 Å². The van der Waals surface area contributed by atoms with E-state index in [1.54, 1.807) is 6.07 Å². The molecule has 0 spiro atoms. The van der Waals surface area contributed by atoms with Gasteiger partial charge in [0.05, 0.1) is 0 Å². The highest BCUT2D eigenvalue weighted by molar-refractivity contribution is 5.10. The molecular weight excluding hydrogens is 191 g/mol. The van der Waals surface area contributed by atoms with E-state index in [1.165, 1.54) is 31.9 Å². The summed E-state index contributed by atoms with van der Waals surface area (Å²) < 4.78 is 13.3. The zero-order valence-electron chi connectivity index (χ0n) is 8.95. The Bertz CT molecular complexity index is 306. The number of hydrogen-bond donors (Lipinski definition) is 0. The third-order valence-electron chi connectivity index (χ3n) is 2.93. The van der Waals surface area contributed by atoms with Crippen molar-refractivity contribution < 1.29 is 4.39 Å².